The highest BCUT2D eigenvalue weighted by Gasteiger charge is 2.16. The van der Waals surface area contributed by atoms with E-state index in [1.165, 1.54) is 6.42 Å². The van der Waals surface area contributed by atoms with Crippen LogP contribution in [0.25, 0.3) is 0 Å². The fourth-order valence-corrected chi connectivity index (χ4v) is 2.37. The number of nitrogens with zero attached hydrogens (tertiary/aromatic N) is 1. The van der Waals surface area contributed by atoms with Crippen molar-refractivity contribution >= 4 is 5.91 Å². The van der Waals surface area contributed by atoms with E-state index in [1.54, 1.807) is 0 Å². The van der Waals surface area contributed by atoms with Gasteiger partial charge in [-0.1, -0.05) is 24.3 Å². The molecular formula is C16H21N3O. The fraction of sp³-hybridized carbons (Fsp3) is 0.438. The van der Waals surface area contributed by atoms with Crippen LogP contribution in [0.3, 0.4) is 0 Å². The number of amides is 1. The van der Waals surface area contributed by atoms with Crippen molar-refractivity contribution in [3.8, 4) is 11.8 Å². The quantitative estimate of drug-likeness (QED) is 0.800. The first-order chi connectivity index (χ1) is 9.72. The van der Waals surface area contributed by atoms with Gasteiger partial charge in [0.2, 0.25) is 0 Å². The van der Waals surface area contributed by atoms with Crippen molar-refractivity contribution in [2.75, 3.05) is 19.6 Å². The van der Waals surface area contributed by atoms with Crippen LogP contribution in [0.15, 0.2) is 18.2 Å². The molecule has 1 aliphatic heterocycles. The number of hydrazine groups is 1. The highest BCUT2D eigenvalue weighted by molar-refractivity contribution is 5.95. The molecule has 2 rings (SSSR count). The van der Waals surface area contributed by atoms with Crippen LogP contribution in [0.1, 0.15) is 40.7 Å². The average Bonchev–Trinajstić information content (AvgIpc) is 2.47. The Balaban J connectivity index is 2.13. The van der Waals surface area contributed by atoms with Gasteiger partial charge in [0.05, 0.1) is 6.54 Å². The molecule has 1 amide bonds. The Bertz CT molecular complexity index is 536. The van der Waals surface area contributed by atoms with E-state index in [-0.39, 0.29) is 5.91 Å². The van der Waals surface area contributed by atoms with Gasteiger partial charge < -0.3 is 5.73 Å². The van der Waals surface area contributed by atoms with Crippen molar-refractivity contribution in [2.45, 2.75) is 26.2 Å². The number of benzene rings is 1. The van der Waals surface area contributed by atoms with E-state index in [0.717, 1.165) is 37.1 Å². The third-order valence-corrected chi connectivity index (χ3v) is 3.52. The Hall–Kier alpha value is -1.83. The lowest BCUT2D eigenvalue weighted by atomic mass is 10.0. The van der Waals surface area contributed by atoms with Gasteiger partial charge in [-0.15, -0.1) is 0 Å². The molecule has 0 aromatic heterocycles. The van der Waals surface area contributed by atoms with Crippen molar-refractivity contribution in [1.29, 1.82) is 0 Å². The van der Waals surface area contributed by atoms with Crippen molar-refractivity contribution in [2.24, 2.45) is 5.73 Å². The average molecular weight is 271 g/mol. The van der Waals surface area contributed by atoms with Gasteiger partial charge in [-0.3, -0.25) is 10.2 Å². The number of carbonyl (C=O) groups excluding carboxylic acids is 1. The molecule has 1 heterocycles. The van der Waals surface area contributed by atoms with Crippen LogP contribution in [-0.2, 0) is 0 Å². The number of nitrogens with two attached hydrogens (primary N) is 1. The lowest BCUT2D eigenvalue weighted by Crippen LogP contribution is -2.45. The summed E-state index contributed by atoms with van der Waals surface area (Å²) in [4.78, 5) is 12.3. The Morgan fingerprint density at radius 2 is 2.10 bits per heavy atom. The Kier molecular flexibility index (Phi) is 5.16. The number of hydrogen-bond donors (Lipinski definition) is 2. The molecule has 0 aliphatic carbocycles. The number of carbonyl (C=O) groups is 1. The van der Waals surface area contributed by atoms with E-state index in [0.29, 0.717) is 12.1 Å². The monoisotopic (exact) mass is 271 g/mol. The molecule has 4 heteroatoms. The van der Waals surface area contributed by atoms with E-state index in [4.69, 9.17) is 5.73 Å². The van der Waals surface area contributed by atoms with E-state index >= 15 is 0 Å². The molecule has 106 valence electrons. The molecule has 0 radical (unpaired) electrons. The molecule has 0 spiro atoms. The van der Waals surface area contributed by atoms with E-state index in [1.807, 2.05) is 30.1 Å². The first kappa shape index (κ1) is 14.6. The zero-order valence-electron chi connectivity index (χ0n) is 11.9. The predicted molar refractivity (Wildman–Crippen MR) is 80.0 cm³/mol. The Labute approximate surface area is 120 Å². The van der Waals surface area contributed by atoms with Crippen LogP contribution in [-0.4, -0.2) is 30.6 Å². The first-order valence-corrected chi connectivity index (χ1v) is 7.07. The maximum atomic E-state index is 12.3. The molecule has 1 aliphatic rings. The molecule has 1 aromatic rings. The van der Waals surface area contributed by atoms with Gasteiger partial charge in [0.25, 0.3) is 5.91 Å². The van der Waals surface area contributed by atoms with E-state index < -0.39 is 0 Å². The standard InChI is InChI=1S/C16H21N3O/c1-13-14(8-6-10-17)7-5-9-15(13)16(20)18-19-11-3-2-4-12-19/h5,7,9H,2-4,10-12,17H2,1H3,(H,18,20). The van der Waals surface area contributed by atoms with Crippen molar-refractivity contribution < 1.29 is 4.79 Å². The Morgan fingerprint density at radius 1 is 1.35 bits per heavy atom. The van der Waals surface area contributed by atoms with Crippen molar-refractivity contribution in [1.82, 2.24) is 10.4 Å². The van der Waals surface area contributed by atoms with Crippen LogP contribution in [0, 0.1) is 18.8 Å². The highest BCUT2D eigenvalue weighted by Crippen LogP contribution is 2.14. The summed E-state index contributed by atoms with van der Waals surface area (Å²) < 4.78 is 0. The van der Waals surface area contributed by atoms with Gasteiger partial charge in [0.15, 0.2) is 0 Å². The zero-order valence-corrected chi connectivity index (χ0v) is 11.9. The molecule has 20 heavy (non-hydrogen) atoms. The second kappa shape index (κ2) is 7.09. The number of piperidine rings is 1. The molecule has 1 aromatic carbocycles. The normalized spacial score (nSPS) is 15.3. The smallest absolute Gasteiger partial charge is 0.265 e. The second-order valence-electron chi connectivity index (χ2n) is 4.97. The fourth-order valence-electron chi connectivity index (χ4n) is 2.37. The lowest BCUT2D eigenvalue weighted by molar-refractivity contribution is 0.0749. The van der Waals surface area contributed by atoms with E-state index in [2.05, 4.69) is 17.3 Å². The minimum absolute atomic E-state index is 0.0548. The summed E-state index contributed by atoms with van der Waals surface area (Å²) >= 11 is 0. The lowest BCUT2D eigenvalue weighted by Gasteiger charge is -2.27. The van der Waals surface area contributed by atoms with Gasteiger partial charge in [0, 0.05) is 24.2 Å². The summed E-state index contributed by atoms with van der Waals surface area (Å²) in [6, 6.07) is 5.61. The molecular weight excluding hydrogens is 250 g/mol. The van der Waals surface area contributed by atoms with Crippen molar-refractivity contribution in [3.63, 3.8) is 0 Å². The van der Waals surface area contributed by atoms with Gasteiger partial charge in [-0.25, -0.2) is 5.01 Å². The second-order valence-corrected chi connectivity index (χ2v) is 4.97. The maximum Gasteiger partial charge on any atom is 0.265 e. The minimum atomic E-state index is -0.0548. The number of rotatable bonds is 2. The predicted octanol–water partition coefficient (Wildman–Crippen LogP) is 1.44. The third kappa shape index (κ3) is 3.60. The Morgan fingerprint density at radius 3 is 2.80 bits per heavy atom. The largest absolute Gasteiger partial charge is 0.320 e. The summed E-state index contributed by atoms with van der Waals surface area (Å²) in [6.07, 6.45) is 3.53. The van der Waals surface area contributed by atoms with Crippen molar-refractivity contribution in [3.05, 3.63) is 34.9 Å². The molecule has 3 N–H and O–H groups in total. The summed E-state index contributed by atoms with van der Waals surface area (Å²) in [5.41, 5.74) is 10.8. The van der Waals surface area contributed by atoms with E-state index in [9.17, 15) is 4.79 Å². The molecule has 0 unspecified atom stereocenters. The van der Waals surface area contributed by atoms with Crippen LogP contribution < -0.4 is 11.2 Å². The molecule has 0 saturated carbocycles. The number of nitrogens with one attached hydrogen (secondary N) is 1. The van der Waals surface area contributed by atoms with Gasteiger partial charge in [-0.2, -0.15) is 0 Å². The van der Waals surface area contributed by atoms with Gasteiger partial charge >= 0.3 is 0 Å². The molecule has 0 atom stereocenters. The topological polar surface area (TPSA) is 58.4 Å². The summed E-state index contributed by atoms with van der Waals surface area (Å²) in [5, 5.41) is 2.00. The number of hydrogen-bond acceptors (Lipinski definition) is 3. The van der Waals surface area contributed by atoms with Gasteiger partial charge in [-0.05, 0) is 37.5 Å². The zero-order chi connectivity index (χ0) is 14.4. The summed E-state index contributed by atoms with van der Waals surface area (Å²) in [6.45, 7) is 4.10. The maximum absolute atomic E-state index is 12.3. The minimum Gasteiger partial charge on any atom is -0.320 e. The SMILES string of the molecule is Cc1c(C#CCN)cccc1C(=O)NN1CCCCC1. The summed E-state index contributed by atoms with van der Waals surface area (Å²) in [5.74, 6) is 5.78. The highest BCUT2D eigenvalue weighted by atomic mass is 16.2. The van der Waals surface area contributed by atoms with Gasteiger partial charge in [0.1, 0.15) is 0 Å². The third-order valence-electron chi connectivity index (χ3n) is 3.52. The molecule has 0 bridgehead atoms. The van der Waals surface area contributed by atoms with Crippen LogP contribution in [0.4, 0.5) is 0 Å². The van der Waals surface area contributed by atoms with Crippen LogP contribution in [0.5, 0.6) is 0 Å². The molecule has 1 fully saturated rings. The molecule has 4 nitrogen and oxygen atoms in total. The first-order valence-electron chi connectivity index (χ1n) is 7.07. The van der Waals surface area contributed by atoms with Crippen LogP contribution >= 0.6 is 0 Å². The van der Waals surface area contributed by atoms with Crippen LogP contribution in [0.2, 0.25) is 0 Å². The molecule has 1 saturated heterocycles. The summed E-state index contributed by atoms with van der Waals surface area (Å²) in [7, 11) is 0.